The van der Waals surface area contributed by atoms with Gasteiger partial charge < -0.3 is 10.2 Å². The first kappa shape index (κ1) is 20.3. The third kappa shape index (κ3) is 5.53. The molecule has 0 unspecified atom stereocenters. The Bertz CT molecular complexity index is 976. The van der Waals surface area contributed by atoms with Gasteiger partial charge in [0, 0.05) is 19.3 Å². The number of benzene rings is 2. The molecule has 0 fully saturated rings. The van der Waals surface area contributed by atoms with Crippen LogP contribution in [0.3, 0.4) is 0 Å². The molecule has 1 N–H and O–H groups in total. The number of aromatic nitrogens is 2. The lowest BCUT2D eigenvalue weighted by Crippen LogP contribution is -2.27. The fourth-order valence-corrected chi connectivity index (χ4v) is 4.21. The van der Waals surface area contributed by atoms with E-state index in [0.29, 0.717) is 11.7 Å². The highest BCUT2D eigenvalue weighted by atomic mass is 32.2. The molecule has 8 heteroatoms. The molecule has 1 aromatic heterocycles. The van der Waals surface area contributed by atoms with Crippen LogP contribution in [0.1, 0.15) is 16.7 Å². The van der Waals surface area contributed by atoms with Crippen LogP contribution in [0.2, 0.25) is 0 Å². The number of thioether (sulfide) groups is 1. The number of anilines is 2. The van der Waals surface area contributed by atoms with Crippen molar-refractivity contribution < 1.29 is 9.18 Å². The molecule has 0 aliphatic rings. The standard InChI is InChI=1S/C20H21FN4OS2/c1-13-7-8-17(9-14(13)2)22-19-23-24-20(28-19)27-12-18(26)25(3)11-15-5-4-6-16(21)10-15/h4-10H,11-12H2,1-3H3,(H,22,23). The number of nitrogens with zero attached hydrogens (tertiary/aromatic N) is 3. The first-order valence-corrected chi connectivity index (χ1v) is 10.5. The summed E-state index contributed by atoms with van der Waals surface area (Å²) in [6, 6.07) is 12.4. The van der Waals surface area contributed by atoms with Crippen molar-refractivity contribution in [2.45, 2.75) is 24.7 Å². The van der Waals surface area contributed by atoms with Crippen molar-refractivity contribution >= 4 is 39.8 Å². The number of amides is 1. The summed E-state index contributed by atoms with van der Waals surface area (Å²) in [5.74, 6) is -0.0945. The molecule has 0 aliphatic carbocycles. The second-order valence-corrected chi connectivity index (χ2v) is 8.67. The number of hydrogen-bond acceptors (Lipinski definition) is 6. The van der Waals surface area contributed by atoms with E-state index in [2.05, 4.69) is 41.5 Å². The molecule has 0 aliphatic heterocycles. The molecule has 1 heterocycles. The van der Waals surface area contributed by atoms with Gasteiger partial charge in [-0.25, -0.2) is 4.39 Å². The van der Waals surface area contributed by atoms with Crippen molar-refractivity contribution in [1.82, 2.24) is 15.1 Å². The van der Waals surface area contributed by atoms with E-state index in [1.54, 1.807) is 24.1 Å². The normalized spacial score (nSPS) is 10.7. The summed E-state index contributed by atoms with van der Waals surface area (Å²) in [6.45, 7) is 4.50. The van der Waals surface area contributed by atoms with Crippen LogP contribution < -0.4 is 5.32 Å². The number of nitrogens with one attached hydrogen (secondary N) is 1. The predicted molar refractivity (Wildman–Crippen MR) is 113 cm³/mol. The molecule has 5 nitrogen and oxygen atoms in total. The topological polar surface area (TPSA) is 58.1 Å². The molecule has 1 amide bonds. The number of carbonyl (C=O) groups is 1. The summed E-state index contributed by atoms with van der Waals surface area (Å²) in [5, 5.41) is 12.2. The Morgan fingerprint density at radius 2 is 2.00 bits per heavy atom. The fourth-order valence-electron chi connectivity index (χ4n) is 2.49. The van der Waals surface area contributed by atoms with E-state index in [4.69, 9.17) is 0 Å². The molecule has 146 valence electrons. The van der Waals surface area contributed by atoms with Crippen LogP contribution in [-0.2, 0) is 11.3 Å². The van der Waals surface area contributed by atoms with Crippen LogP contribution in [0.25, 0.3) is 0 Å². The SMILES string of the molecule is Cc1ccc(Nc2nnc(SCC(=O)N(C)Cc3cccc(F)c3)s2)cc1C. The van der Waals surface area contributed by atoms with Gasteiger partial charge in [0.1, 0.15) is 5.82 Å². The average molecular weight is 417 g/mol. The lowest BCUT2D eigenvalue weighted by molar-refractivity contribution is -0.127. The van der Waals surface area contributed by atoms with Gasteiger partial charge in [0.15, 0.2) is 4.34 Å². The zero-order chi connectivity index (χ0) is 20.1. The van der Waals surface area contributed by atoms with Crippen molar-refractivity contribution in [2.75, 3.05) is 18.1 Å². The number of halogens is 1. The van der Waals surface area contributed by atoms with E-state index in [-0.39, 0.29) is 17.5 Å². The highest BCUT2D eigenvalue weighted by Crippen LogP contribution is 2.28. The number of hydrogen-bond donors (Lipinski definition) is 1. The zero-order valence-electron chi connectivity index (χ0n) is 15.9. The van der Waals surface area contributed by atoms with E-state index in [9.17, 15) is 9.18 Å². The van der Waals surface area contributed by atoms with Gasteiger partial charge in [0.05, 0.1) is 5.75 Å². The number of aryl methyl sites for hydroxylation is 2. The molecule has 0 saturated heterocycles. The van der Waals surface area contributed by atoms with Gasteiger partial charge in [0.2, 0.25) is 11.0 Å². The smallest absolute Gasteiger partial charge is 0.233 e. The van der Waals surface area contributed by atoms with Crippen LogP contribution in [0.15, 0.2) is 46.8 Å². The highest BCUT2D eigenvalue weighted by Gasteiger charge is 2.13. The van der Waals surface area contributed by atoms with Crippen LogP contribution in [-0.4, -0.2) is 33.8 Å². The molecule has 0 spiro atoms. The van der Waals surface area contributed by atoms with Crippen LogP contribution in [0, 0.1) is 19.7 Å². The predicted octanol–water partition coefficient (Wildman–Crippen LogP) is 4.79. The summed E-state index contributed by atoms with van der Waals surface area (Å²) < 4.78 is 14.0. The molecular weight excluding hydrogens is 395 g/mol. The van der Waals surface area contributed by atoms with Crippen molar-refractivity contribution in [3.05, 3.63) is 65.0 Å². The minimum atomic E-state index is -0.301. The maximum atomic E-state index is 13.3. The maximum Gasteiger partial charge on any atom is 0.233 e. The Kier molecular flexibility index (Phi) is 6.64. The zero-order valence-corrected chi connectivity index (χ0v) is 17.5. The van der Waals surface area contributed by atoms with Gasteiger partial charge in [-0.2, -0.15) is 0 Å². The Morgan fingerprint density at radius 1 is 1.18 bits per heavy atom. The summed E-state index contributed by atoms with van der Waals surface area (Å²) >= 11 is 2.75. The molecule has 0 saturated carbocycles. The van der Waals surface area contributed by atoms with E-state index >= 15 is 0 Å². The monoisotopic (exact) mass is 416 g/mol. The minimum absolute atomic E-state index is 0.0480. The maximum absolute atomic E-state index is 13.3. The second kappa shape index (κ2) is 9.16. The Labute approximate surface area is 172 Å². The first-order valence-electron chi connectivity index (χ1n) is 8.69. The lowest BCUT2D eigenvalue weighted by Gasteiger charge is -2.16. The van der Waals surface area contributed by atoms with Gasteiger partial charge in [-0.15, -0.1) is 10.2 Å². The Balaban J connectivity index is 1.52. The Morgan fingerprint density at radius 3 is 2.75 bits per heavy atom. The van der Waals surface area contributed by atoms with Crippen LogP contribution in [0.4, 0.5) is 15.2 Å². The summed E-state index contributed by atoms with van der Waals surface area (Å²) in [7, 11) is 1.71. The van der Waals surface area contributed by atoms with Crippen molar-refractivity contribution in [3.8, 4) is 0 Å². The van der Waals surface area contributed by atoms with Crippen molar-refractivity contribution in [3.63, 3.8) is 0 Å². The lowest BCUT2D eigenvalue weighted by atomic mass is 10.1. The van der Waals surface area contributed by atoms with Gasteiger partial charge in [-0.3, -0.25) is 4.79 Å². The largest absolute Gasteiger partial charge is 0.341 e. The number of carbonyl (C=O) groups excluding carboxylic acids is 1. The average Bonchev–Trinajstić information content (AvgIpc) is 3.10. The second-order valence-electron chi connectivity index (χ2n) is 6.47. The summed E-state index contributed by atoms with van der Waals surface area (Å²) in [5.41, 5.74) is 4.16. The van der Waals surface area contributed by atoms with Crippen LogP contribution >= 0.6 is 23.1 Å². The fraction of sp³-hybridized carbons (Fsp3) is 0.250. The van der Waals surface area contributed by atoms with E-state index in [0.717, 1.165) is 15.6 Å². The molecule has 28 heavy (non-hydrogen) atoms. The van der Waals surface area contributed by atoms with Gasteiger partial charge in [0.25, 0.3) is 0 Å². The van der Waals surface area contributed by atoms with Gasteiger partial charge in [-0.1, -0.05) is 41.3 Å². The van der Waals surface area contributed by atoms with Crippen molar-refractivity contribution in [2.24, 2.45) is 0 Å². The first-order chi connectivity index (χ1) is 13.4. The van der Waals surface area contributed by atoms with E-state index in [1.165, 1.54) is 46.4 Å². The third-order valence-electron chi connectivity index (χ3n) is 4.22. The summed E-state index contributed by atoms with van der Waals surface area (Å²) in [6.07, 6.45) is 0. The van der Waals surface area contributed by atoms with Crippen molar-refractivity contribution in [1.29, 1.82) is 0 Å². The molecule has 3 rings (SSSR count). The molecule has 0 bridgehead atoms. The van der Waals surface area contributed by atoms with Gasteiger partial charge >= 0.3 is 0 Å². The molecule has 0 atom stereocenters. The summed E-state index contributed by atoms with van der Waals surface area (Å²) in [4.78, 5) is 13.9. The highest BCUT2D eigenvalue weighted by molar-refractivity contribution is 8.01. The van der Waals surface area contributed by atoms with E-state index in [1.807, 2.05) is 6.07 Å². The van der Waals surface area contributed by atoms with E-state index < -0.39 is 0 Å². The third-order valence-corrected chi connectivity index (χ3v) is 6.18. The van der Waals surface area contributed by atoms with Gasteiger partial charge in [-0.05, 0) is 54.8 Å². The molecule has 3 aromatic rings. The molecule has 0 radical (unpaired) electrons. The molecule has 2 aromatic carbocycles. The quantitative estimate of drug-likeness (QED) is 0.561. The minimum Gasteiger partial charge on any atom is -0.341 e. The van der Waals surface area contributed by atoms with Crippen LogP contribution in [0.5, 0.6) is 0 Å². The number of rotatable bonds is 7. The Hall–Kier alpha value is -2.45. The molecular formula is C20H21FN4OS2.